The standard InChI is InChI=1S/C12H17ClFNO/c1-8(2)12(3,16)7-15-11-5-9(13)4-10(14)6-11/h4-6,8,15-16H,7H2,1-3H3. The van der Waals surface area contributed by atoms with E-state index >= 15 is 0 Å². The molecule has 1 rings (SSSR count). The maximum Gasteiger partial charge on any atom is 0.126 e. The van der Waals surface area contributed by atoms with Crippen molar-refractivity contribution in [2.24, 2.45) is 5.92 Å². The summed E-state index contributed by atoms with van der Waals surface area (Å²) in [6, 6.07) is 4.22. The molecule has 0 aromatic heterocycles. The fourth-order valence-corrected chi connectivity index (χ4v) is 1.36. The molecule has 90 valence electrons. The zero-order valence-corrected chi connectivity index (χ0v) is 10.5. The van der Waals surface area contributed by atoms with Crippen LogP contribution in [-0.4, -0.2) is 17.3 Å². The number of halogens is 2. The average molecular weight is 246 g/mol. The zero-order valence-electron chi connectivity index (χ0n) is 9.72. The van der Waals surface area contributed by atoms with Crippen LogP contribution in [0.5, 0.6) is 0 Å². The Hall–Kier alpha value is -0.800. The maximum absolute atomic E-state index is 13.0. The predicted molar refractivity (Wildman–Crippen MR) is 65.4 cm³/mol. The van der Waals surface area contributed by atoms with E-state index in [-0.39, 0.29) is 11.7 Å². The molecule has 0 aliphatic rings. The van der Waals surface area contributed by atoms with Gasteiger partial charge < -0.3 is 10.4 Å². The number of rotatable bonds is 4. The first kappa shape index (κ1) is 13.3. The summed E-state index contributed by atoms with van der Waals surface area (Å²) in [4.78, 5) is 0. The first-order valence-corrected chi connectivity index (χ1v) is 5.61. The van der Waals surface area contributed by atoms with Crippen LogP contribution in [0.25, 0.3) is 0 Å². The van der Waals surface area contributed by atoms with E-state index in [2.05, 4.69) is 5.32 Å². The fourth-order valence-electron chi connectivity index (χ4n) is 1.14. The lowest BCUT2D eigenvalue weighted by Crippen LogP contribution is -2.38. The van der Waals surface area contributed by atoms with Crippen LogP contribution in [0.2, 0.25) is 5.02 Å². The van der Waals surface area contributed by atoms with Crippen LogP contribution in [-0.2, 0) is 0 Å². The van der Waals surface area contributed by atoms with E-state index in [9.17, 15) is 9.50 Å². The van der Waals surface area contributed by atoms with Gasteiger partial charge in [-0.1, -0.05) is 25.4 Å². The molecule has 0 radical (unpaired) electrons. The highest BCUT2D eigenvalue weighted by molar-refractivity contribution is 6.30. The molecule has 0 aliphatic heterocycles. The van der Waals surface area contributed by atoms with Gasteiger partial charge in [-0.15, -0.1) is 0 Å². The molecule has 1 unspecified atom stereocenters. The second kappa shape index (κ2) is 5.02. The van der Waals surface area contributed by atoms with Crippen molar-refractivity contribution in [3.05, 3.63) is 29.0 Å². The monoisotopic (exact) mass is 245 g/mol. The highest BCUT2D eigenvalue weighted by Crippen LogP contribution is 2.21. The third kappa shape index (κ3) is 3.65. The van der Waals surface area contributed by atoms with Gasteiger partial charge in [0.15, 0.2) is 0 Å². The van der Waals surface area contributed by atoms with Gasteiger partial charge >= 0.3 is 0 Å². The Morgan fingerprint density at radius 3 is 2.56 bits per heavy atom. The Morgan fingerprint density at radius 1 is 1.44 bits per heavy atom. The Labute approximate surface area is 100 Å². The summed E-state index contributed by atoms with van der Waals surface area (Å²) in [5.74, 6) is -0.275. The first-order valence-electron chi connectivity index (χ1n) is 5.23. The van der Waals surface area contributed by atoms with Gasteiger partial charge in [0, 0.05) is 17.3 Å². The summed E-state index contributed by atoms with van der Waals surface area (Å²) in [5, 5.41) is 13.3. The summed E-state index contributed by atoms with van der Waals surface area (Å²) >= 11 is 5.72. The van der Waals surface area contributed by atoms with Crippen molar-refractivity contribution in [1.82, 2.24) is 0 Å². The van der Waals surface area contributed by atoms with Crippen LogP contribution >= 0.6 is 11.6 Å². The molecule has 0 heterocycles. The molecule has 0 aliphatic carbocycles. The molecule has 0 amide bonds. The van der Waals surface area contributed by atoms with Crippen molar-refractivity contribution in [3.8, 4) is 0 Å². The van der Waals surface area contributed by atoms with Crippen molar-refractivity contribution < 1.29 is 9.50 Å². The normalized spacial score (nSPS) is 14.9. The number of anilines is 1. The van der Waals surface area contributed by atoms with Gasteiger partial charge in [0.2, 0.25) is 0 Å². The van der Waals surface area contributed by atoms with E-state index in [1.807, 2.05) is 13.8 Å². The molecule has 0 saturated heterocycles. The number of hydrogen-bond donors (Lipinski definition) is 2. The smallest absolute Gasteiger partial charge is 0.126 e. The van der Waals surface area contributed by atoms with Crippen LogP contribution in [0.3, 0.4) is 0 Å². The van der Waals surface area contributed by atoms with Crippen molar-refractivity contribution in [1.29, 1.82) is 0 Å². The van der Waals surface area contributed by atoms with E-state index in [1.165, 1.54) is 12.1 Å². The number of benzene rings is 1. The summed E-state index contributed by atoms with van der Waals surface area (Å²) in [5.41, 5.74) is -0.260. The van der Waals surface area contributed by atoms with Crippen LogP contribution in [0.1, 0.15) is 20.8 Å². The lowest BCUT2D eigenvalue weighted by molar-refractivity contribution is 0.0266. The average Bonchev–Trinajstić information content (AvgIpc) is 2.13. The molecule has 0 spiro atoms. The molecule has 2 N–H and O–H groups in total. The molecular weight excluding hydrogens is 229 g/mol. The molecular formula is C12H17ClFNO. The number of hydrogen-bond acceptors (Lipinski definition) is 2. The SMILES string of the molecule is CC(C)C(C)(O)CNc1cc(F)cc(Cl)c1. The molecule has 4 heteroatoms. The molecule has 16 heavy (non-hydrogen) atoms. The van der Waals surface area contributed by atoms with Crippen molar-refractivity contribution in [2.45, 2.75) is 26.4 Å². The van der Waals surface area contributed by atoms with Crippen LogP contribution in [0.15, 0.2) is 18.2 Å². The van der Waals surface area contributed by atoms with Gasteiger partial charge in [0.25, 0.3) is 0 Å². The number of nitrogens with one attached hydrogen (secondary N) is 1. The third-order valence-corrected chi connectivity index (χ3v) is 2.97. The van der Waals surface area contributed by atoms with Gasteiger partial charge in [-0.25, -0.2) is 4.39 Å². The molecule has 1 atom stereocenters. The van der Waals surface area contributed by atoms with Gasteiger partial charge in [-0.3, -0.25) is 0 Å². The van der Waals surface area contributed by atoms with Gasteiger partial charge in [0.05, 0.1) is 5.60 Å². The minimum atomic E-state index is -0.835. The number of aliphatic hydroxyl groups is 1. The Kier molecular flexibility index (Phi) is 4.16. The molecule has 1 aromatic rings. The maximum atomic E-state index is 13.0. The lowest BCUT2D eigenvalue weighted by Gasteiger charge is -2.28. The topological polar surface area (TPSA) is 32.3 Å². The lowest BCUT2D eigenvalue weighted by atomic mass is 9.92. The molecule has 2 nitrogen and oxygen atoms in total. The largest absolute Gasteiger partial charge is 0.388 e. The van der Waals surface area contributed by atoms with Crippen LogP contribution < -0.4 is 5.32 Å². The zero-order chi connectivity index (χ0) is 12.3. The van der Waals surface area contributed by atoms with Crippen molar-refractivity contribution in [2.75, 3.05) is 11.9 Å². The van der Waals surface area contributed by atoms with E-state index in [0.29, 0.717) is 17.3 Å². The molecule has 0 fully saturated rings. The Balaban J connectivity index is 2.68. The van der Waals surface area contributed by atoms with E-state index < -0.39 is 5.60 Å². The highest BCUT2D eigenvalue weighted by atomic mass is 35.5. The van der Waals surface area contributed by atoms with E-state index in [4.69, 9.17) is 11.6 Å². The van der Waals surface area contributed by atoms with Gasteiger partial charge in [-0.05, 0) is 31.0 Å². The Morgan fingerprint density at radius 2 is 2.06 bits per heavy atom. The minimum absolute atomic E-state index is 0.115. The molecule has 0 saturated carbocycles. The van der Waals surface area contributed by atoms with Gasteiger partial charge in [0.1, 0.15) is 5.82 Å². The fraction of sp³-hybridized carbons (Fsp3) is 0.500. The van der Waals surface area contributed by atoms with Crippen LogP contribution in [0.4, 0.5) is 10.1 Å². The quantitative estimate of drug-likeness (QED) is 0.853. The second-order valence-corrected chi connectivity index (χ2v) is 4.96. The second-order valence-electron chi connectivity index (χ2n) is 4.52. The van der Waals surface area contributed by atoms with Crippen LogP contribution in [0, 0.1) is 11.7 Å². The van der Waals surface area contributed by atoms with E-state index in [0.717, 1.165) is 0 Å². The molecule has 0 bridgehead atoms. The third-order valence-electron chi connectivity index (χ3n) is 2.76. The summed E-state index contributed by atoms with van der Waals surface area (Å²) < 4.78 is 13.0. The van der Waals surface area contributed by atoms with E-state index in [1.54, 1.807) is 13.0 Å². The van der Waals surface area contributed by atoms with Crippen molar-refractivity contribution in [3.63, 3.8) is 0 Å². The molecule has 1 aromatic carbocycles. The first-order chi connectivity index (χ1) is 7.31. The van der Waals surface area contributed by atoms with Gasteiger partial charge in [-0.2, -0.15) is 0 Å². The van der Waals surface area contributed by atoms with Crippen molar-refractivity contribution >= 4 is 17.3 Å². The highest BCUT2D eigenvalue weighted by Gasteiger charge is 2.24. The summed E-state index contributed by atoms with van der Waals surface area (Å²) in [6.45, 7) is 5.95. The minimum Gasteiger partial charge on any atom is -0.388 e. The Bertz CT molecular complexity index is 346. The summed E-state index contributed by atoms with van der Waals surface area (Å²) in [6.07, 6.45) is 0. The predicted octanol–water partition coefficient (Wildman–Crippen LogP) is 3.30. The summed E-state index contributed by atoms with van der Waals surface area (Å²) in [7, 11) is 0.